The Labute approximate surface area is 185 Å². The molecule has 2 aromatic carbocycles. The molecule has 1 aliphatic heterocycles. The molecule has 1 atom stereocenters. The van der Waals surface area contributed by atoms with Crippen LogP contribution in [0.5, 0.6) is 5.75 Å². The highest BCUT2D eigenvalue weighted by Crippen LogP contribution is 2.31. The highest BCUT2D eigenvalue weighted by atomic mass is 127. The van der Waals surface area contributed by atoms with Crippen molar-refractivity contribution in [2.45, 2.75) is 12.8 Å². The van der Waals surface area contributed by atoms with Gasteiger partial charge in [-0.25, -0.2) is 0 Å². The standard InChI is InChI=1S/C22H30N4O.HI/c1-23-22(24-14-12-18-8-4-3-5-9-18)25-16-19-13-15-26(17-19)20-10-6-7-11-21(20)27-2;/h3-11,19H,12-17H2,1-2H3,(H2,23,24,25);1H. The predicted octanol–water partition coefficient (Wildman–Crippen LogP) is 3.55. The van der Waals surface area contributed by atoms with Crippen LogP contribution in [0.25, 0.3) is 0 Å². The van der Waals surface area contributed by atoms with Crippen molar-refractivity contribution in [2.24, 2.45) is 10.9 Å². The molecule has 0 saturated carbocycles. The minimum absolute atomic E-state index is 0. The molecular formula is C22H31IN4O. The summed E-state index contributed by atoms with van der Waals surface area (Å²) in [6.07, 6.45) is 2.17. The van der Waals surface area contributed by atoms with Crippen molar-refractivity contribution in [1.82, 2.24) is 10.6 Å². The Morgan fingerprint density at radius 1 is 1.11 bits per heavy atom. The van der Waals surface area contributed by atoms with Gasteiger partial charge in [0.1, 0.15) is 5.75 Å². The first-order valence-electron chi connectivity index (χ1n) is 9.66. The van der Waals surface area contributed by atoms with Crippen LogP contribution in [0.3, 0.4) is 0 Å². The summed E-state index contributed by atoms with van der Waals surface area (Å²) < 4.78 is 5.50. The summed E-state index contributed by atoms with van der Waals surface area (Å²) in [5, 5.41) is 6.89. The summed E-state index contributed by atoms with van der Waals surface area (Å²) in [6, 6.07) is 18.8. The van der Waals surface area contributed by atoms with E-state index in [2.05, 4.69) is 56.9 Å². The van der Waals surface area contributed by atoms with Crippen molar-refractivity contribution < 1.29 is 4.74 Å². The molecule has 152 valence electrons. The van der Waals surface area contributed by atoms with Crippen LogP contribution in [-0.2, 0) is 6.42 Å². The average molecular weight is 494 g/mol. The van der Waals surface area contributed by atoms with E-state index in [4.69, 9.17) is 4.74 Å². The molecule has 6 heteroatoms. The lowest BCUT2D eigenvalue weighted by atomic mass is 10.1. The molecule has 3 rings (SSSR count). The molecule has 5 nitrogen and oxygen atoms in total. The van der Waals surface area contributed by atoms with E-state index in [1.54, 1.807) is 7.11 Å². The molecular weight excluding hydrogens is 463 g/mol. The van der Waals surface area contributed by atoms with Crippen LogP contribution >= 0.6 is 24.0 Å². The molecule has 1 unspecified atom stereocenters. The highest BCUT2D eigenvalue weighted by Gasteiger charge is 2.24. The van der Waals surface area contributed by atoms with Crippen LogP contribution in [0, 0.1) is 5.92 Å². The average Bonchev–Trinajstić information content (AvgIpc) is 3.20. The second-order valence-corrected chi connectivity index (χ2v) is 6.89. The van der Waals surface area contributed by atoms with E-state index >= 15 is 0 Å². The smallest absolute Gasteiger partial charge is 0.190 e. The maximum Gasteiger partial charge on any atom is 0.190 e. The van der Waals surface area contributed by atoms with Gasteiger partial charge < -0.3 is 20.3 Å². The van der Waals surface area contributed by atoms with E-state index in [0.29, 0.717) is 5.92 Å². The topological polar surface area (TPSA) is 48.9 Å². The molecule has 1 heterocycles. The Morgan fingerprint density at radius 2 is 1.86 bits per heavy atom. The largest absolute Gasteiger partial charge is 0.495 e. The molecule has 1 saturated heterocycles. The summed E-state index contributed by atoms with van der Waals surface area (Å²) in [5.41, 5.74) is 2.52. The monoisotopic (exact) mass is 494 g/mol. The number of para-hydroxylation sites is 2. The van der Waals surface area contributed by atoms with Crippen LogP contribution < -0.4 is 20.3 Å². The highest BCUT2D eigenvalue weighted by molar-refractivity contribution is 14.0. The van der Waals surface area contributed by atoms with E-state index < -0.39 is 0 Å². The number of rotatable bonds is 7. The number of benzene rings is 2. The number of hydrogen-bond acceptors (Lipinski definition) is 3. The zero-order chi connectivity index (χ0) is 18.9. The van der Waals surface area contributed by atoms with Crippen molar-refractivity contribution in [2.75, 3.05) is 45.2 Å². The van der Waals surface area contributed by atoms with Crippen LogP contribution in [0.4, 0.5) is 5.69 Å². The molecule has 0 aliphatic carbocycles. The van der Waals surface area contributed by atoms with Crippen molar-refractivity contribution >= 4 is 35.6 Å². The second-order valence-electron chi connectivity index (χ2n) is 6.89. The number of aliphatic imine (C=N–C) groups is 1. The van der Waals surface area contributed by atoms with E-state index in [1.807, 2.05) is 25.2 Å². The van der Waals surface area contributed by atoms with Gasteiger partial charge >= 0.3 is 0 Å². The number of methoxy groups -OCH3 is 1. The Bertz CT molecular complexity index is 738. The van der Waals surface area contributed by atoms with Gasteiger partial charge in [0, 0.05) is 33.2 Å². The Hall–Kier alpha value is -1.96. The molecule has 0 aromatic heterocycles. The van der Waals surface area contributed by atoms with Gasteiger partial charge in [0.15, 0.2) is 5.96 Å². The summed E-state index contributed by atoms with van der Waals surface area (Å²) in [4.78, 5) is 6.76. The maximum atomic E-state index is 5.50. The van der Waals surface area contributed by atoms with E-state index in [9.17, 15) is 0 Å². The Morgan fingerprint density at radius 3 is 2.61 bits per heavy atom. The quantitative estimate of drug-likeness (QED) is 0.351. The summed E-state index contributed by atoms with van der Waals surface area (Å²) in [5.74, 6) is 2.42. The molecule has 0 radical (unpaired) electrons. The molecule has 0 spiro atoms. The van der Waals surface area contributed by atoms with E-state index in [1.165, 1.54) is 17.7 Å². The first-order valence-corrected chi connectivity index (χ1v) is 9.66. The lowest BCUT2D eigenvalue weighted by Crippen LogP contribution is -2.41. The first kappa shape index (κ1) is 22.3. The van der Waals surface area contributed by atoms with Gasteiger partial charge in [0.2, 0.25) is 0 Å². The van der Waals surface area contributed by atoms with Crippen LogP contribution in [0.15, 0.2) is 59.6 Å². The third kappa shape index (κ3) is 6.29. The summed E-state index contributed by atoms with van der Waals surface area (Å²) >= 11 is 0. The van der Waals surface area contributed by atoms with Gasteiger partial charge in [0.25, 0.3) is 0 Å². The number of ether oxygens (including phenoxy) is 1. The minimum atomic E-state index is 0. The van der Waals surface area contributed by atoms with Gasteiger partial charge in [-0.3, -0.25) is 4.99 Å². The molecule has 2 N–H and O–H groups in total. The van der Waals surface area contributed by atoms with Crippen LogP contribution in [-0.4, -0.2) is 46.3 Å². The van der Waals surface area contributed by atoms with Gasteiger partial charge in [-0.1, -0.05) is 42.5 Å². The summed E-state index contributed by atoms with van der Waals surface area (Å²) in [6.45, 7) is 3.90. The molecule has 1 aliphatic rings. The minimum Gasteiger partial charge on any atom is -0.495 e. The van der Waals surface area contributed by atoms with Crippen LogP contribution in [0.1, 0.15) is 12.0 Å². The lowest BCUT2D eigenvalue weighted by molar-refractivity contribution is 0.414. The normalized spacial score (nSPS) is 16.4. The number of hydrogen-bond donors (Lipinski definition) is 2. The number of halogens is 1. The van der Waals surface area contributed by atoms with Crippen molar-refractivity contribution in [1.29, 1.82) is 0 Å². The fourth-order valence-corrected chi connectivity index (χ4v) is 3.54. The zero-order valence-corrected chi connectivity index (χ0v) is 19.1. The predicted molar refractivity (Wildman–Crippen MR) is 128 cm³/mol. The Balaban J connectivity index is 0.00000280. The van der Waals surface area contributed by atoms with Gasteiger partial charge in [-0.2, -0.15) is 0 Å². The van der Waals surface area contributed by atoms with Gasteiger partial charge in [0.05, 0.1) is 12.8 Å². The SMILES string of the molecule is CN=C(NCCc1ccccc1)NCC1CCN(c2ccccc2OC)C1.I. The van der Waals surface area contributed by atoms with E-state index in [0.717, 1.165) is 44.3 Å². The van der Waals surface area contributed by atoms with Crippen LogP contribution in [0.2, 0.25) is 0 Å². The van der Waals surface area contributed by atoms with Gasteiger partial charge in [-0.15, -0.1) is 24.0 Å². The first-order chi connectivity index (χ1) is 13.3. The molecule has 0 amide bonds. The van der Waals surface area contributed by atoms with Gasteiger partial charge in [-0.05, 0) is 36.5 Å². The number of guanidine groups is 1. The number of nitrogens with zero attached hydrogens (tertiary/aromatic N) is 2. The molecule has 2 aromatic rings. The Kier molecular flexibility index (Phi) is 9.40. The van der Waals surface area contributed by atoms with Crippen molar-refractivity contribution in [3.8, 4) is 5.75 Å². The lowest BCUT2D eigenvalue weighted by Gasteiger charge is -2.21. The number of anilines is 1. The molecule has 28 heavy (non-hydrogen) atoms. The second kappa shape index (κ2) is 11.8. The third-order valence-corrected chi connectivity index (χ3v) is 5.04. The summed E-state index contributed by atoms with van der Waals surface area (Å²) in [7, 11) is 3.56. The van der Waals surface area contributed by atoms with Crippen molar-refractivity contribution in [3.05, 3.63) is 60.2 Å². The number of nitrogens with one attached hydrogen (secondary N) is 2. The molecule has 0 bridgehead atoms. The fourth-order valence-electron chi connectivity index (χ4n) is 3.54. The van der Waals surface area contributed by atoms with E-state index in [-0.39, 0.29) is 24.0 Å². The fraction of sp³-hybridized carbons (Fsp3) is 0.409. The third-order valence-electron chi connectivity index (χ3n) is 5.04. The molecule has 1 fully saturated rings. The van der Waals surface area contributed by atoms with Crippen molar-refractivity contribution in [3.63, 3.8) is 0 Å². The maximum absolute atomic E-state index is 5.50. The zero-order valence-electron chi connectivity index (χ0n) is 16.7.